The fraction of sp³-hybridized carbons (Fsp3) is 0.450. The number of carbonyl (C=O) groups is 3. The largest absolute Gasteiger partial charge is 0.465 e. The molecule has 6 nitrogen and oxygen atoms in total. The fourth-order valence-electron chi connectivity index (χ4n) is 2.84. The maximum Gasteiger partial charge on any atom is 0.337 e. The van der Waals surface area contributed by atoms with E-state index in [9.17, 15) is 14.4 Å². The van der Waals surface area contributed by atoms with E-state index in [0.717, 1.165) is 31.2 Å². The minimum atomic E-state index is -0.837. The van der Waals surface area contributed by atoms with Gasteiger partial charge < -0.3 is 14.8 Å². The number of rotatable bonds is 6. The zero-order chi connectivity index (χ0) is 18.9. The van der Waals surface area contributed by atoms with Gasteiger partial charge in [-0.1, -0.05) is 31.4 Å². The molecule has 0 saturated heterocycles. The number of amides is 1. The zero-order valence-electron chi connectivity index (χ0n) is 15.2. The minimum absolute atomic E-state index is 0.182. The number of esters is 2. The summed E-state index contributed by atoms with van der Waals surface area (Å²) in [5, 5.41) is 2.94. The Morgan fingerprint density at radius 2 is 1.77 bits per heavy atom. The van der Waals surface area contributed by atoms with Crippen LogP contribution in [0.5, 0.6) is 0 Å². The number of benzene rings is 1. The predicted molar refractivity (Wildman–Crippen MR) is 97.4 cm³/mol. The molecular formula is C20H25NO5. The quantitative estimate of drug-likeness (QED) is 0.624. The normalized spacial score (nSPS) is 16.1. The molecule has 1 atom stereocenters. The van der Waals surface area contributed by atoms with Gasteiger partial charge in [0.15, 0.2) is 6.10 Å². The van der Waals surface area contributed by atoms with Crippen molar-refractivity contribution in [3.63, 3.8) is 0 Å². The van der Waals surface area contributed by atoms with E-state index < -0.39 is 18.0 Å². The van der Waals surface area contributed by atoms with Gasteiger partial charge in [0.25, 0.3) is 5.91 Å². The second kappa shape index (κ2) is 9.75. The van der Waals surface area contributed by atoms with Crippen LogP contribution in [0.25, 0.3) is 6.08 Å². The molecule has 0 radical (unpaired) electrons. The van der Waals surface area contributed by atoms with Crippen LogP contribution >= 0.6 is 0 Å². The topological polar surface area (TPSA) is 81.7 Å². The summed E-state index contributed by atoms with van der Waals surface area (Å²) in [6.07, 6.45) is 7.40. The monoisotopic (exact) mass is 359 g/mol. The molecule has 1 aliphatic carbocycles. The first-order chi connectivity index (χ1) is 12.5. The lowest BCUT2D eigenvalue weighted by Crippen LogP contribution is -2.42. The molecule has 1 N–H and O–H groups in total. The van der Waals surface area contributed by atoms with Gasteiger partial charge in [0.1, 0.15) is 0 Å². The van der Waals surface area contributed by atoms with Gasteiger partial charge in [0.05, 0.1) is 12.7 Å². The molecule has 140 valence electrons. The summed E-state index contributed by atoms with van der Waals surface area (Å²) in [5.41, 5.74) is 1.16. The fourth-order valence-corrected chi connectivity index (χ4v) is 2.84. The lowest BCUT2D eigenvalue weighted by Gasteiger charge is -2.24. The molecule has 2 rings (SSSR count). The molecule has 6 heteroatoms. The molecule has 1 aliphatic rings. The SMILES string of the molecule is COC(=O)c1ccc(/C=C/C(=O)OC(C)C(=O)NC2CCCCC2)cc1. The summed E-state index contributed by atoms with van der Waals surface area (Å²) in [5.74, 6) is -1.27. The third kappa shape index (κ3) is 6.02. The zero-order valence-corrected chi connectivity index (χ0v) is 15.2. The molecule has 1 fully saturated rings. The average molecular weight is 359 g/mol. The van der Waals surface area contributed by atoms with Crippen molar-refractivity contribution in [2.45, 2.75) is 51.2 Å². The van der Waals surface area contributed by atoms with Crippen LogP contribution < -0.4 is 5.32 Å². The molecule has 0 heterocycles. The summed E-state index contributed by atoms with van der Waals surface area (Å²) in [4.78, 5) is 35.3. The molecule has 0 bridgehead atoms. The Bertz CT molecular complexity index is 659. The van der Waals surface area contributed by atoms with Crippen molar-refractivity contribution in [3.8, 4) is 0 Å². The van der Waals surface area contributed by atoms with Gasteiger partial charge in [0, 0.05) is 12.1 Å². The van der Waals surface area contributed by atoms with Crippen molar-refractivity contribution in [2.75, 3.05) is 7.11 Å². The van der Waals surface area contributed by atoms with Gasteiger partial charge in [-0.25, -0.2) is 9.59 Å². The van der Waals surface area contributed by atoms with Gasteiger partial charge >= 0.3 is 11.9 Å². The van der Waals surface area contributed by atoms with Crippen LogP contribution in [0.3, 0.4) is 0 Å². The summed E-state index contributed by atoms with van der Waals surface area (Å²) in [6.45, 7) is 1.56. The van der Waals surface area contributed by atoms with Gasteiger partial charge in [0.2, 0.25) is 0 Å². The molecule has 1 unspecified atom stereocenters. The van der Waals surface area contributed by atoms with Crippen LogP contribution in [0.15, 0.2) is 30.3 Å². The molecule has 1 aromatic carbocycles. The van der Waals surface area contributed by atoms with Crippen molar-refractivity contribution >= 4 is 23.9 Å². The highest BCUT2D eigenvalue weighted by Crippen LogP contribution is 2.17. The van der Waals surface area contributed by atoms with Crippen LogP contribution in [-0.2, 0) is 19.1 Å². The summed E-state index contributed by atoms with van der Waals surface area (Å²) >= 11 is 0. The van der Waals surface area contributed by atoms with Gasteiger partial charge in [-0.15, -0.1) is 0 Å². The van der Waals surface area contributed by atoms with Crippen LogP contribution in [-0.4, -0.2) is 37.1 Å². The highest BCUT2D eigenvalue weighted by Gasteiger charge is 2.21. The lowest BCUT2D eigenvalue weighted by molar-refractivity contribution is -0.150. The van der Waals surface area contributed by atoms with Crippen LogP contribution in [0.1, 0.15) is 54.9 Å². The third-order valence-corrected chi connectivity index (χ3v) is 4.36. The molecule has 1 saturated carbocycles. The number of ether oxygens (including phenoxy) is 2. The molecule has 0 spiro atoms. The Balaban J connectivity index is 1.81. The second-order valence-electron chi connectivity index (χ2n) is 6.37. The molecular weight excluding hydrogens is 334 g/mol. The van der Waals surface area contributed by atoms with E-state index >= 15 is 0 Å². The highest BCUT2D eigenvalue weighted by atomic mass is 16.5. The Kier molecular flexibility index (Phi) is 7.38. The van der Waals surface area contributed by atoms with E-state index in [1.165, 1.54) is 19.6 Å². The van der Waals surface area contributed by atoms with E-state index in [-0.39, 0.29) is 11.9 Å². The molecule has 1 amide bonds. The van der Waals surface area contributed by atoms with Crippen molar-refractivity contribution < 1.29 is 23.9 Å². The van der Waals surface area contributed by atoms with Crippen molar-refractivity contribution in [1.82, 2.24) is 5.32 Å². The first-order valence-corrected chi connectivity index (χ1v) is 8.87. The maximum absolute atomic E-state index is 12.1. The van der Waals surface area contributed by atoms with Crippen molar-refractivity contribution in [3.05, 3.63) is 41.5 Å². The van der Waals surface area contributed by atoms with Gasteiger partial charge in [-0.05, 0) is 43.5 Å². The Morgan fingerprint density at radius 1 is 1.12 bits per heavy atom. The predicted octanol–water partition coefficient (Wildman–Crippen LogP) is 2.87. The summed E-state index contributed by atoms with van der Waals surface area (Å²) in [7, 11) is 1.32. The highest BCUT2D eigenvalue weighted by molar-refractivity contribution is 5.91. The number of methoxy groups -OCH3 is 1. The number of hydrogen-bond acceptors (Lipinski definition) is 5. The number of carbonyl (C=O) groups excluding carboxylic acids is 3. The Morgan fingerprint density at radius 3 is 2.38 bits per heavy atom. The van der Waals surface area contributed by atoms with E-state index in [1.807, 2.05) is 0 Å². The second-order valence-corrected chi connectivity index (χ2v) is 6.37. The maximum atomic E-state index is 12.1. The van der Waals surface area contributed by atoms with E-state index in [0.29, 0.717) is 5.56 Å². The molecule has 0 aliphatic heterocycles. The summed E-state index contributed by atoms with van der Waals surface area (Å²) < 4.78 is 9.77. The number of hydrogen-bond donors (Lipinski definition) is 1. The first-order valence-electron chi connectivity index (χ1n) is 8.87. The molecule has 0 aromatic heterocycles. The van der Waals surface area contributed by atoms with E-state index in [1.54, 1.807) is 37.3 Å². The Hall–Kier alpha value is -2.63. The molecule has 26 heavy (non-hydrogen) atoms. The van der Waals surface area contributed by atoms with E-state index in [4.69, 9.17) is 4.74 Å². The average Bonchev–Trinajstić information content (AvgIpc) is 2.67. The minimum Gasteiger partial charge on any atom is -0.465 e. The van der Waals surface area contributed by atoms with Crippen LogP contribution in [0, 0.1) is 0 Å². The standard InChI is InChI=1S/C20H25NO5/c1-14(19(23)21-17-6-4-3-5-7-17)26-18(22)13-10-15-8-11-16(12-9-15)20(24)25-2/h8-14,17H,3-7H2,1-2H3,(H,21,23)/b13-10+. The van der Waals surface area contributed by atoms with Crippen molar-refractivity contribution in [1.29, 1.82) is 0 Å². The van der Waals surface area contributed by atoms with Gasteiger partial charge in [-0.2, -0.15) is 0 Å². The van der Waals surface area contributed by atoms with E-state index in [2.05, 4.69) is 10.1 Å². The third-order valence-electron chi connectivity index (χ3n) is 4.36. The van der Waals surface area contributed by atoms with Crippen LogP contribution in [0.2, 0.25) is 0 Å². The number of nitrogens with one attached hydrogen (secondary N) is 1. The van der Waals surface area contributed by atoms with Crippen molar-refractivity contribution in [2.24, 2.45) is 0 Å². The lowest BCUT2D eigenvalue weighted by atomic mass is 9.95. The smallest absolute Gasteiger partial charge is 0.337 e. The Labute approximate surface area is 153 Å². The summed E-state index contributed by atoms with van der Waals surface area (Å²) in [6, 6.07) is 6.78. The molecule has 1 aromatic rings. The first kappa shape index (κ1) is 19.7. The van der Waals surface area contributed by atoms with Crippen LogP contribution in [0.4, 0.5) is 0 Å². The van der Waals surface area contributed by atoms with Gasteiger partial charge in [-0.3, -0.25) is 4.79 Å².